The SMILES string of the molecule is COCCc1ncc(-c2cc(C(=O)N3CCC(c4ccc(C#N)cc4)CC3)ccc2C2CCC2)[nH]1. The van der Waals surface area contributed by atoms with Gasteiger partial charge in [0.05, 0.1) is 30.1 Å². The van der Waals surface area contributed by atoms with Crippen molar-refractivity contribution in [1.29, 1.82) is 5.26 Å². The first kappa shape index (κ1) is 23.3. The first-order valence-electron chi connectivity index (χ1n) is 12.6. The molecular formula is C29H32N4O2. The fraction of sp³-hybridized carbons (Fsp3) is 0.414. The number of benzene rings is 2. The van der Waals surface area contributed by atoms with Gasteiger partial charge in [-0.15, -0.1) is 0 Å². The Kier molecular flexibility index (Phi) is 6.96. The fourth-order valence-corrected chi connectivity index (χ4v) is 5.25. The van der Waals surface area contributed by atoms with Crippen LogP contribution in [0.3, 0.4) is 0 Å². The number of likely N-dealkylation sites (tertiary alicyclic amines) is 1. The van der Waals surface area contributed by atoms with Crippen molar-refractivity contribution in [3.05, 3.63) is 76.7 Å². The highest BCUT2D eigenvalue weighted by Gasteiger charge is 2.27. The van der Waals surface area contributed by atoms with E-state index in [1.54, 1.807) is 7.11 Å². The van der Waals surface area contributed by atoms with Crippen LogP contribution >= 0.6 is 0 Å². The lowest BCUT2D eigenvalue weighted by atomic mass is 9.77. The first-order valence-corrected chi connectivity index (χ1v) is 12.6. The summed E-state index contributed by atoms with van der Waals surface area (Å²) in [5.74, 6) is 1.99. The van der Waals surface area contributed by atoms with Crippen LogP contribution in [0.1, 0.15) is 76.8 Å². The van der Waals surface area contributed by atoms with Crippen LogP contribution in [-0.4, -0.2) is 47.6 Å². The Hall–Kier alpha value is -3.43. The predicted octanol–water partition coefficient (Wildman–Crippen LogP) is 5.42. The molecule has 5 rings (SSSR count). The summed E-state index contributed by atoms with van der Waals surface area (Å²) in [6.07, 6.45) is 8.17. The van der Waals surface area contributed by atoms with Crippen molar-refractivity contribution >= 4 is 5.91 Å². The topological polar surface area (TPSA) is 82.0 Å². The fourth-order valence-electron chi connectivity index (χ4n) is 5.25. The molecule has 35 heavy (non-hydrogen) atoms. The molecule has 1 saturated heterocycles. The molecule has 2 heterocycles. The van der Waals surface area contributed by atoms with E-state index in [0.29, 0.717) is 24.0 Å². The number of aromatic amines is 1. The Labute approximate surface area is 206 Å². The lowest BCUT2D eigenvalue weighted by Crippen LogP contribution is -2.38. The highest BCUT2D eigenvalue weighted by atomic mass is 16.5. The third-order valence-corrected chi connectivity index (χ3v) is 7.60. The van der Waals surface area contributed by atoms with E-state index in [-0.39, 0.29) is 5.91 Å². The molecule has 2 aromatic carbocycles. The number of carbonyl (C=O) groups excluding carboxylic acids is 1. The smallest absolute Gasteiger partial charge is 0.253 e. The summed E-state index contributed by atoms with van der Waals surface area (Å²) in [6, 6.07) is 16.3. The first-order chi connectivity index (χ1) is 17.2. The molecule has 0 radical (unpaired) electrons. The summed E-state index contributed by atoms with van der Waals surface area (Å²) < 4.78 is 5.19. The molecule has 2 aliphatic rings. The van der Waals surface area contributed by atoms with Gasteiger partial charge in [-0.2, -0.15) is 5.26 Å². The van der Waals surface area contributed by atoms with Crippen molar-refractivity contribution in [3.8, 4) is 17.3 Å². The maximum atomic E-state index is 13.5. The lowest BCUT2D eigenvalue weighted by Gasteiger charge is -2.33. The van der Waals surface area contributed by atoms with E-state index in [0.717, 1.165) is 55.0 Å². The summed E-state index contributed by atoms with van der Waals surface area (Å²) in [5, 5.41) is 9.03. The number of nitrogens with one attached hydrogen (secondary N) is 1. The number of hydrogen-bond donors (Lipinski definition) is 1. The van der Waals surface area contributed by atoms with Crippen molar-refractivity contribution in [1.82, 2.24) is 14.9 Å². The molecule has 6 heteroatoms. The summed E-state index contributed by atoms with van der Waals surface area (Å²) in [5.41, 5.74) is 6.08. The van der Waals surface area contributed by atoms with E-state index in [1.165, 1.54) is 30.4 Å². The largest absolute Gasteiger partial charge is 0.384 e. The summed E-state index contributed by atoms with van der Waals surface area (Å²) in [4.78, 5) is 23.4. The minimum absolute atomic E-state index is 0.101. The predicted molar refractivity (Wildman–Crippen MR) is 135 cm³/mol. The molecule has 1 saturated carbocycles. The zero-order chi connectivity index (χ0) is 24.2. The van der Waals surface area contributed by atoms with Crippen molar-refractivity contribution in [2.45, 2.75) is 50.4 Å². The van der Waals surface area contributed by atoms with E-state index in [1.807, 2.05) is 29.3 Å². The maximum Gasteiger partial charge on any atom is 0.253 e. The Morgan fingerprint density at radius 2 is 1.89 bits per heavy atom. The molecule has 3 aromatic rings. The van der Waals surface area contributed by atoms with Crippen LogP contribution < -0.4 is 0 Å². The number of aromatic nitrogens is 2. The van der Waals surface area contributed by atoms with Gasteiger partial charge in [-0.3, -0.25) is 4.79 Å². The molecular weight excluding hydrogens is 436 g/mol. The van der Waals surface area contributed by atoms with Crippen molar-refractivity contribution in [3.63, 3.8) is 0 Å². The average molecular weight is 469 g/mol. The van der Waals surface area contributed by atoms with Crippen molar-refractivity contribution in [2.24, 2.45) is 0 Å². The van der Waals surface area contributed by atoms with Crippen LogP contribution in [0.5, 0.6) is 0 Å². The van der Waals surface area contributed by atoms with Crippen LogP contribution in [0, 0.1) is 11.3 Å². The third kappa shape index (κ3) is 5.01. The van der Waals surface area contributed by atoms with Gasteiger partial charge in [0.25, 0.3) is 5.91 Å². The Morgan fingerprint density at radius 1 is 1.11 bits per heavy atom. The van der Waals surface area contributed by atoms with Crippen LogP contribution in [0.25, 0.3) is 11.3 Å². The molecule has 180 valence electrons. The van der Waals surface area contributed by atoms with Crippen LogP contribution in [0.15, 0.2) is 48.7 Å². The van der Waals surface area contributed by atoms with E-state index < -0.39 is 0 Å². The minimum Gasteiger partial charge on any atom is -0.384 e. The second kappa shape index (κ2) is 10.5. The lowest BCUT2D eigenvalue weighted by molar-refractivity contribution is 0.0713. The normalized spacial score (nSPS) is 16.6. The number of nitriles is 1. The highest BCUT2D eigenvalue weighted by Crippen LogP contribution is 2.41. The van der Waals surface area contributed by atoms with E-state index in [2.05, 4.69) is 40.3 Å². The van der Waals surface area contributed by atoms with Gasteiger partial charge in [0, 0.05) is 37.7 Å². The van der Waals surface area contributed by atoms with Gasteiger partial charge in [-0.1, -0.05) is 24.6 Å². The molecule has 0 bridgehead atoms. The standard InChI is InChI=1S/C29H32N4O2/c1-35-16-13-28-31-19-27(32-28)26-17-24(9-10-25(26)23-3-2-4-23)29(34)33-14-11-22(12-15-33)21-7-5-20(18-30)6-8-21/h5-10,17,19,22-23H,2-4,11-16H2,1H3,(H,31,32). The molecule has 1 aliphatic heterocycles. The second-order valence-electron chi connectivity index (χ2n) is 9.72. The number of methoxy groups -OCH3 is 1. The third-order valence-electron chi connectivity index (χ3n) is 7.60. The number of rotatable bonds is 7. The number of carbonyl (C=O) groups is 1. The molecule has 0 atom stereocenters. The van der Waals surface area contributed by atoms with E-state index in [4.69, 9.17) is 10.00 Å². The maximum absolute atomic E-state index is 13.5. The molecule has 6 nitrogen and oxygen atoms in total. The number of hydrogen-bond acceptors (Lipinski definition) is 4. The minimum atomic E-state index is 0.101. The molecule has 1 aliphatic carbocycles. The van der Waals surface area contributed by atoms with Gasteiger partial charge in [0.2, 0.25) is 0 Å². The van der Waals surface area contributed by atoms with Crippen LogP contribution in [0.2, 0.25) is 0 Å². The van der Waals surface area contributed by atoms with Crippen LogP contribution in [-0.2, 0) is 11.2 Å². The molecule has 0 unspecified atom stereocenters. The van der Waals surface area contributed by atoms with Gasteiger partial charge in [0.1, 0.15) is 5.82 Å². The number of piperidine rings is 1. The van der Waals surface area contributed by atoms with Gasteiger partial charge in [0.15, 0.2) is 0 Å². The van der Waals surface area contributed by atoms with Crippen LogP contribution in [0.4, 0.5) is 0 Å². The summed E-state index contributed by atoms with van der Waals surface area (Å²) in [6.45, 7) is 2.11. The number of imidazole rings is 1. The zero-order valence-electron chi connectivity index (χ0n) is 20.3. The summed E-state index contributed by atoms with van der Waals surface area (Å²) in [7, 11) is 1.70. The summed E-state index contributed by atoms with van der Waals surface area (Å²) >= 11 is 0. The Bertz CT molecular complexity index is 1210. The van der Waals surface area contributed by atoms with Gasteiger partial charge < -0.3 is 14.6 Å². The van der Waals surface area contributed by atoms with Crippen molar-refractivity contribution in [2.75, 3.05) is 26.8 Å². The molecule has 1 N–H and O–H groups in total. The zero-order valence-corrected chi connectivity index (χ0v) is 20.3. The molecule has 1 amide bonds. The van der Waals surface area contributed by atoms with Gasteiger partial charge in [-0.05, 0) is 72.9 Å². The van der Waals surface area contributed by atoms with E-state index in [9.17, 15) is 4.79 Å². The Morgan fingerprint density at radius 3 is 2.54 bits per heavy atom. The number of ether oxygens (including phenoxy) is 1. The molecule has 2 fully saturated rings. The monoisotopic (exact) mass is 468 g/mol. The van der Waals surface area contributed by atoms with Gasteiger partial charge >= 0.3 is 0 Å². The Balaban J connectivity index is 1.32. The highest BCUT2D eigenvalue weighted by molar-refractivity contribution is 5.95. The number of amides is 1. The second-order valence-corrected chi connectivity index (χ2v) is 9.72. The number of nitrogens with zero attached hydrogens (tertiary/aromatic N) is 3. The van der Waals surface area contributed by atoms with E-state index >= 15 is 0 Å². The quantitative estimate of drug-likeness (QED) is 0.502. The van der Waals surface area contributed by atoms with Gasteiger partial charge in [-0.25, -0.2) is 4.98 Å². The molecule has 1 aromatic heterocycles. The average Bonchev–Trinajstić information content (AvgIpc) is 3.35. The van der Waals surface area contributed by atoms with Crippen molar-refractivity contribution < 1.29 is 9.53 Å². The number of H-pyrrole nitrogens is 1. The molecule has 0 spiro atoms.